The molecule has 0 spiro atoms. The standard InChI is InChI=1S/C29H38N7O2/c1-21(19-27-35(17-9-2-3-15-26(30)31)22-11-4-6-13-24(22)37-27)20-28-36(18-10-8-16-34-29(32)33)23-12-5-7-14-25(23)38-28/h4-7,11-14,19-20H,2-3,8-10,15-18H2,1H3,(H3,30,31)(H4,32,33,34)/q+1/p+2. The highest BCUT2D eigenvalue weighted by atomic mass is 16.5. The Bertz CT molecular complexity index is 1350. The summed E-state index contributed by atoms with van der Waals surface area (Å²) >= 11 is 0. The lowest BCUT2D eigenvalue weighted by molar-refractivity contribution is -0.678. The number of nitrogens with one attached hydrogen (secondary N) is 1. The molecule has 0 aliphatic carbocycles. The van der Waals surface area contributed by atoms with E-state index in [1.807, 2.05) is 36.4 Å². The van der Waals surface area contributed by atoms with Gasteiger partial charge in [-0.15, -0.1) is 0 Å². The Kier molecular flexibility index (Phi) is 9.02. The minimum absolute atomic E-state index is 0.253. The summed E-state index contributed by atoms with van der Waals surface area (Å²) in [6.07, 6.45) is 9.83. The molecule has 0 bridgehead atoms. The molecule has 0 unspecified atom stereocenters. The quantitative estimate of drug-likeness (QED) is 0.0973. The Labute approximate surface area is 223 Å². The third-order valence-electron chi connectivity index (χ3n) is 6.46. The van der Waals surface area contributed by atoms with E-state index in [0.29, 0.717) is 5.84 Å². The van der Waals surface area contributed by atoms with Crippen molar-refractivity contribution in [3.8, 4) is 5.75 Å². The summed E-state index contributed by atoms with van der Waals surface area (Å²) in [5, 5.41) is 5.61. The summed E-state index contributed by atoms with van der Waals surface area (Å²) in [6, 6.07) is 16.2. The Morgan fingerprint density at radius 2 is 1.79 bits per heavy atom. The Balaban J connectivity index is 1.53. The number of nitrogens with zero attached hydrogens (tertiary/aromatic N) is 2. The van der Waals surface area contributed by atoms with E-state index in [-0.39, 0.29) is 5.96 Å². The van der Waals surface area contributed by atoms with Gasteiger partial charge in [-0.3, -0.25) is 27.6 Å². The smallest absolute Gasteiger partial charge is 0.374 e. The molecule has 3 aromatic rings. The number of benzene rings is 2. The van der Waals surface area contributed by atoms with Gasteiger partial charge >= 0.3 is 11.9 Å². The second kappa shape index (κ2) is 12.8. The second-order valence-electron chi connectivity index (χ2n) is 9.63. The van der Waals surface area contributed by atoms with Gasteiger partial charge < -0.3 is 14.1 Å². The molecule has 2 heterocycles. The van der Waals surface area contributed by atoms with Crippen molar-refractivity contribution < 1.29 is 24.1 Å². The zero-order valence-electron chi connectivity index (χ0n) is 22.2. The molecule has 38 heavy (non-hydrogen) atoms. The largest absolute Gasteiger partial charge is 0.439 e. The third kappa shape index (κ3) is 6.94. The molecule has 200 valence electrons. The fourth-order valence-corrected chi connectivity index (χ4v) is 4.62. The molecule has 0 saturated carbocycles. The van der Waals surface area contributed by atoms with Crippen LogP contribution in [0.3, 0.4) is 0 Å². The molecule has 1 aliphatic heterocycles. The van der Waals surface area contributed by atoms with Crippen molar-refractivity contribution in [3.05, 3.63) is 72.0 Å². The summed E-state index contributed by atoms with van der Waals surface area (Å²) in [4.78, 5) is 5.19. The number of oxazole rings is 1. The average Bonchev–Trinajstić information content (AvgIpc) is 3.40. The van der Waals surface area contributed by atoms with Gasteiger partial charge in [0, 0.05) is 31.5 Å². The summed E-state index contributed by atoms with van der Waals surface area (Å²) in [5.74, 6) is 3.23. The van der Waals surface area contributed by atoms with Crippen molar-refractivity contribution in [1.82, 2.24) is 0 Å². The first-order valence-corrected chi connectivity index (χ1v) is 13.3. The number of allylic oxidation sites excluding steroid dienone is 2. The van der Waals surface area contributed by atoms with Gasteiger partial charge in [0.15, 0.2) is 12.3 Å². The van der Waals surface area contributed by atoms with Crippen molar-refractivity contribution in [2.24, 2.45) is 17.2 Å². The van der Waals surface area contributed by atoms with Crippen LogP contribution in [-0.2, 0) is 6.54 Å². The summed E-state index contributed by atoms with van der Waals surface area (Å²) in [6.45, 7) is 4.47. The van der Waals surface area contributed by atoms with Crippen molar-refractivity contribution in [3.63, 3.8) is 0 Å². The van der Waals surface area contributed by atoms with Crippen LogP contribution in [0.1, 0.15) is 51.3 Å². The van der Waals surface area contributed by atoms with Gasteiger partial charge in [0.2, 0.25) is 17.3 Å². The predicted molar refractivity (Wildman–Crippen MR) is 151 cm³/mol. The molecule has 1 aromatic heterocycles. The molecular formula is C29H40N7O2+3. The minimum atomic E-state index is 0.253. The zero-order chi connectivity index (χ0) is 26.9. The molecule has 9 nitrogen and oxygen atoms in total. The van der Waals surface area contributed by atoms with E-state index in [0.717, 1.165) is 98.0 Å². The average molecular weight is 519 g/mol. The number of fused-ring (bicyclic) bond motifs is 2. The van der Waals surface area contributed by atoms with Gasteiger partial charge in [0.05, 0.1) is 18.3 Å². The van der Waals surface area contributed by atoms with Crippen LogP contribution in [0.15, 0.2) is 70.5 Å². The predicted octanol–water partition coefficient (Wildman–Crippen LogP) is 0.675. The first-order valence-electron chi connectivity index (χ1n) is 13.3. The lowest BCUT2D eigenvalue weighted by Gasteiger charge is -2.18. The fourth-order valence-electron chi connectivity index (χ4n) is 4.62. The summed E-state index contributed by atoms with van der Waals surface area (Å²) in [7, 11) is 0. The van der Waals surface area contributed by atoms with E-state index < -0.39 is 0 Å². The van der Waals surface area contributed by atoms with Gasteiger partial charge in [0.25, 0.3) is 5.52 Å². The molecule has 1 aliphatic rings. The Morgan fingerprint density at radius 3 is 2.61 bits per heavy atom. The van der Waals surface area contributed by atoms with Gasteiger partial charge in [-0.2, -0.15) is 4.57 Å². The topological polar surface area (TPSA) is 147 Å². The first-order chi connectivity index (χ1) is 18.4. The number of ether oxygens (including phenoxy) is 1. The van der Waals surface area contributed by atoms with Crippen LogP contribution < -0.4 is 41.8 Å². The molecule has 0 atom stereocenters. The molecule has 4 rings (SSSR count). The highest BCUT2D eigenvalue weighted by Crippen LogP contribution is 2.39. The lowest BCUT2D eigenvalue weighted by atomic mass is 10.2. The van der Waals surface area contributed by atoms with Crippen molar-refractivity contribution in [2.45, 2.75) is 52.0 Å². The number of unbranched alkanes of at least 4 members (excludes halogenated alkanes) is 3. The number of aryl methyl sites for hydroxylation is 1. The van der Waals surface area contributed by atoms with Gasteiger partial charge in [-0.25, -0.2) is 0 Å². The maximum absolute atomic E-state index is 6.26. The van der Waals surface area contributed by atoms with Crippen LogP contribution in [0.2, 0.25) is 0 Å². The first kappa shape index (κ1) is 26.8. The molecule has 9 heteroatoms. The number of aromatic nitrogens is 1. The van der Waals surface area contributed by atoms with Crippen LogP contribution in [0, 0.1) is 0 Å². The van der Waals surface area contributed by atoms with Crippen LogP contribution in [0.4, 0.5) is 5.69 Å². The number of amidine groups is 1. The maximum Gasteiger partial charge on any atom is 0.374 e. The molecule has 2 aromatic carbocycles. The fraction of sp³-hybridized carbons (Fsp3) is 0.345. The van der Waals surface area contributed by atoms with Crippen LogP contribution in [0.5, 0.6) is 5.75 Å². The monoisotopic (exact) mass is 518 g/mol. The Hall–Kier alpha value is -4.27. The van der Waals surface area contributed by atoms with E-state index >= 15 is 0 Å². The van der Waals surface area contributed by atoms with Crippen molar-refractivity contribution >= 4 is 34.7 Å². The van der Waals surface area contributed by atoms with Crippen molar-refractivity contribution in [2.75, 3.05) is 18.0 Å². The minimum Gasteiger partial charge on any atom is -0.439 e. The summed E-state index contributed by atoms with van der Waals surface area (Å²) < 4.78 is 14.7. The molecular weight excluding hydrogens is 478 g/mol. The highest BCUT2D eigenvalue weighted by Gasteiger charge is 2.26. The number of hydrogen-bond acceptors (Lipinski definition) is 3. The van der Waals surface area contributed by atoms with E-state index in [9.17, 15) is 0 Å². The summed E-state index contributed by atoms with van der Waals surface area (Å²) in [5.41, 5.74) is 20.7. The van der Waals surface area contributed by atoms with E-state index in [1.165, 1.54) is 0 Å². The second-order valence-corrected chi connectivity index (χ2v) is 9.63. The molecule has 9 N–H and O–H groups in total. The highest BCUT2D eigenvalue weighted by molar-refractivity contribution is 5.73. The van der Waals surface area contributed by atoms with Crippen LogP contribution in [-0.4, -0.2) is 24.9 Å². The number of para-hydroxylation sites is 4. The molecule has 0 saturated heterocycles. The van der Waals surface area contributed by atoms with Crippen LogP contribution in [0.25, 0.3) is 17.2 Å². The number of nitrogens with two attached hydrogens (primary N) is 4. The number of rotatable bonds is 13. The maximum atomic E-state index is 6.26. The van der Waals surface area contributed by atoms with E-state index in [2.05, 4.69) is 45.7 Å². The van der Waals surface area contributed by atoms with Gasteiger partial charge in [-0.05, 0) is 56.4 Å². The molecule has 0 radical (unpaired) electrons. The SMILES string of the molecule is CC(=Cc1oc2ccccc2[n+]1CCCCCC(N)=[NH2+])C=C1Oc2ccccc2N1CCCC[NH+]=C(N)N. The van der Waals surface area contributed by atoms with Crippen LogP contribution >= 0.6 is 0 Å². The Morgan fingerprint density at radius 1 is 1.00 bits per heavy atom. The number of guanidine groups is 1. The van der Waals surface area contributed by atoms with Gasteiger partial charge in [-0.1, -0.05) is 24.3 Å². The lowest BCUT2D eigenvalue weighted by Crippen LogP contribution is -2.78. The number of hydrogen-bond donors (Lipinski definition) is 5. The zero-order valence-corrected chi connectivity index (χ0v) is 22.2. The van der Waals surface area contributed by atoms with Gasteiger partial charge in [0.1, 0.15) is 0 Å². The van der Waals surface area contributed by atoms with Crippen molar-refractivity contribution in [1.29, 1.82) is 0 Å². The molecule has 0 amide bonds. The number of anilines is 1. The molecule has 0 fully saturated rings. The van der Waals surface area contributed by atoms with E-state index in [4.69, 9.17) is 31.8 Å². The normalized spacial score (nSPS) is 14.1. The van der Waals surface area contributed by atoms with E-state index in [1.54, 1.807) is 0 Å². The third-order valence-corrected chi connectivity index (χ3v) is 6.46.